The second-order valence-corrected chi connectivity index (χ2v) is 8.57. The summed E-state index contributed by atoms with van der Waals surface area (Å²) in [5, 5.41) is 2.72. The number of fused-ring (bicyclic) bond motifs is 1. The molecule has 1 aromatic heterocycles. The Morgan fingerprint density at radius 3 is 2.29 bits per heavy atom. The van der Waals surface area contributed by atoms with E-state index in [1.165, 1.54) is 23.8 Å². The fourth-order valence-electron chi connectivity index (χ4n) is 4.03. The number of esters is 1. The summed E-state index contributed by atoms with van der Waals surface area (Å²) in [6.45, 7) is 2.72. The second-order valence-electron chi connectivity index (χ2n) is 8.30. The van der Waals surface area contributed by atoms with Gasteiger partial charge >= 0.3 is 5.97 Å². The molecule has 38 heavy (non-hydrogen) atoms. The zero-order valence-corrected chi connectivity index (χ0v) is 21.3. The van der Waals surface area contributed by atoms with Crippen LogP contribution in [-0.2, 0) is 22.0 Å². The molecule has 0 saturated carbocycles. The van der Waals surface area contributed by atoms with Crippen LogP contribution in [0.3, 0.4) is 0 Å². The minimum atomic E-state index is -0.873. The average molecular weight is 541 g/mol. The van der Waals surface area contributed by atoms with Crippen LogP contribution in [0.1, 0.15) is 35.3 Å². The minimum absolute atomic E-state index is 0.0260. The Kier molecular flexibility index (Phi) is 8.07. The molecule has 4 rings (SSSR count). The smallest absolute Gasteiger partial charge is 0.343 e. The number of amides is 1. The van der Waals surface area contributed by atoms with Crippen LogP contribution >= 0.6 is 11.6 Å². The molecule has 0 aliphatic heterocycles. The first kappa shape index (κ1) is 26.8. The first-order valence-corrected chi connectivity index (χ1v) is 12.2. The molecule has 4 aromatic rings. The molecule has 0 unspecified atom stereocenters. The molecule has 0 bridgehead atoms. The molecule has 3 aromatic carbocycles. The quantitative estimate of drug-likeness (QED) is 0.219. The Bertz CT molecular complexity index is 1570. The number of benzene rings is 3. The fourth-order valence-corrected chi connectivity index (χ4v) is 4.30. The standard InChI is InChI=1S/C28H23ClF2N2O5/c1-3-37-28(36)21-15-33(14-20-22(30)5-4-6-23(20)31)24-11-12-25(19(13-29)26(24)27(21)35)38-18-9-7-17(8-10-18)32-16(2)34/h4-12,15H,3,13-14H2,1-2H3,(H,32,34). The van der Waals surface area contributed by atoms with Gasteiger partial charge in [-0.05, 0) is 55.5 Å². The molecule has 1 N–H and O–H groups in total. The number of pyridine rings is 1. The van der Waals surface area contributed by atoms with Gasteiger partial charge in [-0.1, -0.05) is 6.07 Å². The molecular formula is C28H23ClF2N2O5. The SMILES string of the molecule is CCOC(=O)c1cn(Cc2c(F)cccc2F)c2ccc(Oc3ccc(NC(C)=O)cc3)c(CCl)c2c1=O. The van der Waals surface area contributed by atoms with Crippen LogP contribution in [0.5, 0.6) is 11.5 Å². The van der Waals surface area contributed by atoms with Crippen LogP contribution in [0.15, 0.2) is 65.6 Å². The van der Waals surface area contributed by atoms with Crippen molar-refractivity contribution in [2.45, 2.75) is 26.3 Å². The predicted molar refractivity (Wildman–Crippen MR) is 140 cm³/mol. The largest absolute Gasteiger partial charge is 0.462 e. The number of aromatic nitrogens is 1. The Hall–Kier alpha value is -4.24. The summed E-state index contributed by atoms with van der Waals surface area (Å²) < 4.78 is 41.4. The van der Waals surface area contributed by atoms with Crippen molar-refractivity contribution in [3.8, 4) is 11.5 Å². The number of hydrogen-bond donors (Lipinski definition) is 1. The monoisotopic (exact) mass is 540 g/mol. The zero-order valence-electron chi connectivity index (χ0n) is 20.5. The highest BCUT2D eigenvalue weighted by Gasteiger charge is 2.22. The molecule has 10 heteroatoms. The number of rotatable bonds is 8. The maximum Gasteiger partial charge on any atom is 0.343 e. The molecule has 1 heterocycles. The molecule has 0 atom stereocenters. The van der Waals surface area contributed by atoms with Crippen molar-refractivity contribution in [3.63, 3.8) is 0 Å². The number of anilines is 1. The third-order valence-electron chi connectivity index (χ3n) is 5.74. The Labute approximate surface area is 221 Å². The van der Waals surface area contributed by atoms with E-state index >= 15 is 0 Å². The maximum atomic E-state index is 14.5. The van der Waals surface area contributed by atoms with Gasteiger partial charge in [0.1, 0.15) is 28.7 Å². The van der Waals surface area contributed by atoms with Crippen LogP contribution in [0.25, 0.3) is 10.9 Å². The van der Waals surface area contributed by atoms with Crippen LogP contribution < -0.4 is 15.5 Å². The van der Waals surface area contributed by atoms with E-state index in [9.17, 15) is 23.2 Å². The number of nitrogens with zero attached hydrogens (tertiary/aromatic N) is 1. The summed E-state index contributed by atoms with van der Waals surface area (Å²) in [5.41, 5.74) is -0.0312. The molecule has 196 valence electrons. The molecule has 0 aliphatic carbocycles. The first-order chi connectivity index (χ1) is 18.2. The molecule has 0 saturated heterocycles. The topological polar surface area (TPSA) is 86.6 Å². The van der Waals surface area contributed by atoms with E-state index in [0.29, 0.717) is 17.0 Å². The number of carbonyl (C=O) groups excluding carboxylic acids is 2. The number of ether oxygens (including phenoxy) is 2. The van der Waals surface area contributed by atoms with Gasteiger partial charge in [0, 0.05) is 29.9 Å². The van der Waals surface area contributed by atoms with E-state index in [4.69, 9.17) is 21.1 Å². The van der Waals surface area contributed by atoms with Gasteiger partial charge in [0.25, 0.3) is 0 Å². The van der Waals surface area contributed by atoms with Crippen molar-refractivity contribution in [2.24, 2.45) is 0 Å². The Morgan fingerprint density at radius 1 is 1.00 bits per heavy atom. The third kappa shape index (κ3) is 5.52. The van der Waals surface area contributed by atoms with Crippen LogP contribution in [0.2, 0.25) is 0 Å². The van der Waals surface area contributed by atoms with E-state index in [0.717, 1.165) is 12.1 Å². The average Bonchev–Trinajstić information content (AvgIpc) is 2.88. The van der Waals surface area contributed by atoms with E-state index in [2.05, 4.69) is 5.32 Å². The van der Waals surface area contributed by atoms with E-state index < -0.39 is 23.0 Å². The maximum absolute atomic E-state index is 14.5. The van der Waals surface area contributed by atoms with Gasteiger partial charge in [-0.25, -0.2) is 13.6 Å². The van der Waals surface area contributed by atoms with E-state index in [1.54, 1.807) is 43.3 Å². The van der Waals surface area contributed by atoms with Gasteiger partial charge < -0.3 is 19.4 Å². The number of carbonyl (C=O) groups is 2. The lowest BCUT2D eigenvalue weighted by Crippen LogP contribution is -2.22. The van der Waals surface area contributed by atoms with E-state index in [-0.39, 0.29) is 52.8 Å². The molecule has 0 aliphatic rings. The molecular weight excluding hydrogens is 518 g/mol. The van der Waals surface area contributed by atoms with E-state index in [1.807, 2.05) is 0 Å². The van der Waals surface area contributed by atoms with Gasteiger partial charge in [0.15, 0.2) is 0 Å². The summed E-state index contributed by atoms with van der Waals surface area (Å²) in [4.78, 5) is 37.4. The number of nitrogens with one attached hydrogen (secondary N) is 1. The summed E-state index contributed by atoms with van der Waals surface area (Å²) in [5.74, 6) is -2.14. The van der Waals surface area contributed by atoms with Gasteiger partial charge in [-0.2, -0.15) is 0 Å². The molecule has 0 fully saturated rings. The van der Waals surface area contributed by atoms with Crippen LogP contribution in [0.4, 0.5) is 14.5 Å². The number of alkyl halides is 1. The van der Waals surface area contributed by atoms with Gasteiger partial charge in [-0.15, -0.1) is 11.6 Å². The number of hydrogen-bond acceptors (Lipinski definition) is 5. The first-order valence-electron chi connectivity index (χ1n) is 11.6. The summed E-state index contributed by atoms with van der Waals surface area (Å²) in [7, 11) is 0. The predicted octanol–water partition coefficient (Wildman–Crippen LogP) is 5.99. The molecule has 0 radical (unpaired) electrons. The second kappa shape index (κ2) is 11.4. The van der Waals surface area contributed by atoms with Gasteiger partial charge in [-0.3, -0.25) is 9.59 Å². The Morgan fingerprint density at radius 2 is 1.68 bits per heavy atom. The molecule has 0 spiro atoms. The lowest BCUT2D eigenvalue weighted by Gasteiger charge is -2.18. The highest BCUT2D eigenvalue weighted by molar-refractivity contribution is 6.18. The number of halogens is 3. The van der Waals surface area contributed by atoms with Gasteiger partial charge in [0.05, 0.1) is 29.9 Å². The Balaban J connectivity index is 1.87. The highest BCUT2D eigenvalue weighted by Crippen LogP contribution is 2.33. The van der Waals surface area contributed by atoms with Crippen molar-refractivity contribution in [3.05, 3.63) is 99.3 Å². The summed E-state index contributed by atoms with van der Waals surface area (Å²) in [6, 6.07) is 13.2. The molecule has 1 amide bonds. The molecule has 7 nitrogen and oxygen atoms in total. The zero-order chi connectivity index (χ0) is 27.4. The normalized spacial score (nSPS) is 10.9. The lowest BCUT2D eigenvalue weighted by atomic mass is 10.0. The van der Waals surface area contributed by atoms with Crippen molar-refractivity contribution in [2.75, 3.05) is 11.9 Å². The van der Waals surface area contributed by atoms with Crippen LogP contribution in [-0.4, -0.2) is 23.1 Å². The third-order valence-corrected chi connectivity index (χ3v) is 6.00. The van der Waals surface area contributed by atoms with Crippen molar-refractivity contribution >= 4 is 40.1 Å². The fraction of sp³-hybridized carbons (Fsp3) is 0.179. The summed E-state index contributed by atoms with van der Waals surface area (Å²) >= 11 is 6.28. The van der Waals surface area contributed by atoms with Crippen molar-refractivity contribution < 1.29 is 27.8 Å². The van der Waals surface area contributed by atoms with Crippen LogP contribution in [0, 0.1) is 11.6 Å². The lowest BCUT2D eigenvalue weighted by molar-refractivity contribution is -0.114. The minimum Gasteiger partial charge on any atom is -0.462 e. The summed E-state index contributed by atoms with van der Waals surface area (Å²) in [6.07, 6.45) is 1.23. The van der Waals surface area contributed by atoms with Gasteiger partial charge in [0.2, 0.25) is 11.3 Å². The van der Waals surface area contributed by atoms with Crippen molar-refractivity contribution in [1.29, 1.82) is 0 Å². The highest BCUT2D eigenvalue weighted by atomic mass is 35.5. The van der Waals surface area contributed by atoms with Crippen molar-refractivity contribution in [1.82, 2.24) is 4.57 Å².